The Hall–Kier alpha value is 0.1000. The number of hydrogen-bond acceptors (Lipinski definition) is 6. The minimum Gasteiger partial charge on any atom is -0.344 e. The molecule has 0 aromatic rings. The highest BCUT2D eigenvalue weighted by atomic mass is 31.2. The van der Waals surface area contributed by atoms with Gasteiger partial charge in [-0.3, -0.25) is 0 Å². The Morgan fingerprint density at radius 2 is 0.375 bits per heavy atom. The largest absolute Gasteiger partial charge is 0.466 e. The highest BCUT2D eigenvalue weighted by Crippen LogP contribution is 2.27. The first-order chi connectivity index (χ1) is 9.00. The second-order valence-electron chi connectivity index (χ2n) is 2.05. The first-order valence-electron chi connectivity index (χ1n) is 3.63. The summed E-state index contributed by atoms with van der Waals surface area (Å²) in [5, 5.41) is 0. The smallest absolute Gasteiger partial charge is 0.344 e. The molecule has 22 heteroatoms. The molecule has 0 aliphatic rings. The maximum absolute atomic E-state index is 8.88. The summed E-state index contributed by atoms with van der Waals surface area (Å²) in [5.74, 6) is 0. The van der Waals surface area contributed by atoms with Crippen molar-refractivity contribution in [1.82, 2.24) is 12.3 Å². The van der Waals surface area contributed by atoms with Crippen LogP contribution in [0, 0.1) is 0 Å². The third kappa shape index (κ3) is 984000. The fraction of sp³-hybridized carbons (Fsp3) is 0. The highest BCUT2D eigenvalue weighted by Gasteiger charge is 2.01. The standard InChI is InChI=1S/C2H4.2H3N.4H3O4P/c1-2;;;4*1-5(2,3)4/h1-2H2;2*1H3;4*(H3,1,2,3,4). The molecule has 0 rings (SSSR count). The zero-order valence-electron chi connectivity index (χ0n) is 11.6. The number of phosphoric acid groups is 4. The van der Waals surface area contributed by atoms with Crippen molar-refractivity contribution in [3.8, 4) is 0 Å². The molecule has 0 bridgehead atoms. The molecule has 0 saturated carbocycles. The SMILES string of the molecule is C=C.N.N.O=P(O)(O)O.O=P(O)(O)O.O=P(O)(O)O.O=P(O)(O)O. The molecule has 0 amide bonds. The van der Waals surface area contributed by atoms with Gasteiger partial charge in [-0.2, -0.15) is 0 Å². The lowest BCUT2D eigenvalue weighted by Gasteiger charge is -1.82. The van der Waals surface area contributed by atoms with Crippen LogP contribution in [0.1, 0.15) is 0 Å². The van der Waals surface area contributed by atoms with E-state index in [0.717, 1.165) is 0 Å². The molecule has 0 spiro atoms. The molecule has 0 aromatic heterocycles. The van der Waals surface area contributed by atoms with Gasteiger partial charge in [-0.05, 0) is 0 Å². The first kappa shape index (κ1) is 44.0. The number of hydrogen-bond donors (Lipinski definition) is 14. The molecular formula is C2H22N2O16P4. The van der Waals surface area contributed by atoms with Gasteiger partial charge in [0, 0.05) is 0 Å². The molecule has 0 fully saturated rings. The monoisotopic (exact) mass is 454 g/mol. The van der Waals surface area contributed by atoms with Gasteiger partial charge in [-0.15, -0.1) is 13.2 Å². The van der Waals surface area contributed by atoms with E-state index in [-0.39, 0.29) is 12.3 Å². The minimum atomic E-state index is -4.64. The third-order valence-electron chi connectivity index (χ3n) is 0. The molecule has 0 aliphatic heterocycles. The zero-order chi connectivity index (χ0) is 20.0. The Morgan fingerprint density at radius 1 is 0.375 bits per heavy atom. The molecule has 18 nitrogen and oxygen atoms in total. The Kier molecular flexibility index (Phi) is 35.6. The summed E-state index contributed by atoms with van der Waals surface area (Å²) in [4.78, 5) is 86.2. The third-order valence-corrected chi connectivity index (χ3v) is 0. The lowest BCUT2D eigenvalue weighted by molar-refractivity contribution is 0.272. The van der Waals surface area contributed by atoms with Gasteiger partial charge in [0.05, 0.1) is 0 Å². The summed E-state index contributed by atoms with van der Waals surface area (Å²) in [6, 6.07) is 0. The van der Waals surface area contributed by atoms with Crippen LogP contribution in [-0.4, -0.2) is 58.7 Å². The topological polar surface area (TPSA) is 381 Å². The van der Waals surface area contributed by atoms with Gasteiger partial charge < -0.3 is 71.0 Å². The van der Waals surface area contributed by atoms with Crippen molar-refractivity contribution in [2.24, 2.45) is 0 Å². The summed E-state index contributed by atoms with van der Waals surface area (Å²) in [7, 11) is -18.6. The van der Waals surface area contributed by atoms with Crippen LogP contribution >= 0.6 is 31.3 Å². The van der Waals surface area contributed by atoms with Gasteiger partial charge >= 0.3 is 31.3 Å². The van der Waals surface area contributed by atoms with Crippen LogP contribution in [0.5, 0.6) is 0 Å². The molecule has 18 N–H and O–H groups in total. The summed E-state index contributed by atoms with van der Waals surface area (Å²) in [5.41, 5.74) is 0. The Labute approximate surface area is 134 Å². The summed E-state index contributed by atoms with van der Waals surface area (Å²) in [6.45, 7) is 6.00. The summed E-state index contributed by atoms with van der Waals surface area (Å²) < 4.78 is 35.5. The molecule has 0 heterocycles. The molecule has 0 aliphatic carbocycles. The van der Waals surface area contributed by atoms with Gasteiger partial charge in [0.2, 0.25) is 0 Å². The Bertz CT molecular complexity index is 312. The van der Waals surface area contributed by atoms with E-state index in [2.05, 4.69) is 13.2 Å². The summed E-state index contributed by atoms with van der Waals surface area (Å²) in [6.07, 6.45) is 0. The normalized spacial score (nSPS) is 10.0. The fourth-order valence-corrected chi connectivity index (χ4v) is 0. The van der Waals surface area contributed by atoms with E-state index >= 15 is 0 Å². The molecule has 0 unspecified atom stereocenters. The van der Waals surface area contributed by atoms with Crippen LogP contribution in [-0.2, 0) is 18.3 Å². The highest BCUT2D eigenvalue weighted by molar-refractivity contribution is 7.45. The second kappa shape index (κ2) is 19.4. The van der Waals surface area contributed by atoms with E-state index in [9.17, 15) is 0 Å². The molecule has 0 radical (unpaired) electrons. The van der Waals surface area contributed by atoms with E-state index < -0.39 is 31.3 Å². The summed E-state index contributed by atoms with van der Waals surface area (Å²) >= 11 is 0. The number of rotatable bonds is 0. The van der Waals surface area contributed by atoms with Crippen molar-refractivity contribution >= 4 is 31.3 Å². The molecule has 24 heavy (non-hydrogen) atoms. The van der Waals surface area contributed by atoms with Gasteiger partial charge in [-0.25, -0.2) is 18.3 Å². The molecular weight excluding hydrogens is 432 g/mol. The van der Waals surface area contributed by atoms with Crippen LogP contribution in [0.2, 0.25) is 0 Å². The molecule has 0 atom stereocenters. The first-order valence-corrected chi connectivity index (χ1v) is 9.89. The Balaban J connectivity index is -0.0000000302. The zero-order valence-corrected chi connectivity index (χ0v) is 15.2. The van der Waals surface area contributed by atoms with Gasteiger partial charge in [0.1, 0.15) is 0 Å². The maximum atomic E-state index is 8.88. The second-order valence-corrected chi connectivity index (χ2v) is 6.16. The van der Waals surface area contributed by atoms with E-state index in [0.29, 0.717) is 0 Å². The lowest BCUT2D eigenvalue weighted by atomic mass is 11.3. The van der Waals surface area contributed by atoms with Gasteiger partial charge in [0.25, 0.3) is 0 Å². The van der Waals surface area contributed by atoms with E-state index in [1.807, 2.05) is 0 Å². The van der Waals surface area contributed by atoms with Crippen LogP contribution in [0.4, 0.5) is 0 Å². The fourth-order valence-electron chi connectivity index (χ4n) is 0. The Morgan fingerprint density at radius 3 is 0.375 bits per heavy atom. The average Bonchev–Trinajstić information content (AvgIpc) is 1.92. The average molecular weight is 454 g/mol. The van der Waals surface area contributed by atoms with Crippen molar-refractivity contribution in [3.63, 3.8) is 0 Å². The lowest BCUT2D eigenvalue weighted by Crippen LogP contribution is -1.66. The predicted molar refractivity (Wildman–Crippen MR) is 78.3 cm³/mol. The van der Waals surface area contributed by atoms with E-state index in [1.165, 1.54) is 0 Å². The predicted octanol–water partition coefficient (Wildman–Crippen LogP) is -2.59. The van der Waals surface area contributed by atoms with Crippen molar-refractivity contribution in [2.45, 2.75) is 0 Å². The van der Waals surface area contributed by atoms with Crippen molar-refractivity contribution in [1.29, 1.82) is 0 Å². The quantitative estimate of drug-likeness (QED) is 0.132. The van der Waals surface area contributed by atoms with Crippen LogP contribution in [0.25, 0.3) is 0 Å². The van der Waals surface area contributed by atoms with Crippen LogP contribution < -0.4 is 12.3 Å². The molecule has 0 aromatic carbocycles. The van der Waals surface area contributed by atoms with E-state index in [4.69, 9.17) is 77.0 Å². The van der Waals surface area contributed by atoms with E-state index in [1.54, 1.807) is 0 Å². The molecule has 156 valence electrons. The van der Waals surface area contributed by atoms with Crippen LogP contribution in [0.3, 0.4) is 0 Å². The van der Waals surface area contributed by atoms with Crippen molar-refractivity contribution in [3.05, 3.63) is 13.2 Å². The van der Waals surface area contributed by atoms with Crippen molar-refractivity contribution < 1.29 is 77.0 Å². The van der Waals surface area contributed by atoms with Crippen LogP contribution in [0.15, 0.2) is 13.2 Å². The molecule has 0 saturated heterocycles. The maximum Gasteiger partial charge on any atom is 0.466 e. The van der Waals surface area contributed by atoms with Gasteiger partial charge in [-0.1, -0.05) is 0 Å². The van der Waals surface area contributed by atoms with Crippen molar-refractivity contribution in [2.75, 3.05) is 0 Å². The van der Waals surface area contributed by atoms with Gasteiger partial charge in [0.15, 0.2) is 0 Å². The minimum absolute atomic E-state index is 0.